The maximum absolute atomic E-state index is 6.83. The molecule has 4 heterocycles. The van der Waals surface area contributed by atoms with Crippen molar-refractivity contribution in [2.45, 2.75) is 25.7 Å². The number of nitrogens with zero attached hydrogens (tertiary/aromatic N) is 3. The number of pyridine rings is 3. The van der Waals surface area contributed by atoms with E-state index in [9.17, 15) is 0 Å². The van der Waals surface area contributed by atoms with E-state index in [0.717, 1.165) is 115 Å². The molecule has 5 heteroatoms. The molecule has 344 valence electrons. The molecule has 12 rings (SSSR count). The van der Waals surface area contributed by atoms with Crippen molar-refractivity contribution < 1.29 is 24.5 Å². The number of para-hydroxylation sites is 1. The minimum absolute atomic E-state index is 0. The fourth-order valence-electron chi connectivity index (χ4n) is 9.67. The molecule has 12 aromatic rings. The predicted octanol–water partition coefficient (Wildman–Crippen LogP) is 16.4. The zero-order chi connectivity index (χ0) is 47.3. The molecule has 0 radical (unpaired) electrons. The van der Waals surface area contributed by atoms with Gasteiger partial charge in [-0.1, -0.05) is 146 Å². The molecule has 0 aliphatic heterocycles. The predicted molar refractivity (Wildman–Crippen MR) is 289 cm³/mol. The first-order valence-electron chi connectivity index (χ1n) is 24.2. The van der Waals surface area contributed by atoms with Crippen molar-refractivity contribution in [1.82, 2.24) is 15.0 Å². The van der Waals surface area contributed by atoms with Gasteiger partial charge in [-0.05, 0) is 110 Å². The normalized spacial score (nSPS) is 11.2. The zero-order valence-electron chi connectivity index (χ0n) is 39.4. The van der Waals surface area contributed by atoms with Gasteiger partial charge >= 0.3 is 20.1 Å². The van der Waals surface area contributed by atoms with Crippen LogP contribution in [0.25, 0.3) is 100 Å². The number of aromatic nitrogens is 3. The van der Waals surface area contributed by atoms with Crippen LogP contribution >= 0.6 is 0 Å². The first-order chi connectivity index (χ1) is 35.1. The van der Waals surface area contributed by atoms with E-state index in [4.69, 9.17) is 9.40 Å². The number of hydrogen-bond donors (Lipinski definition) is 0. The minimum Gasteiger partial charge on any atom is -0.456 e. The molecule has 0 atom stereocenters. The zero-order valence-corrected chi connectivity index (χ0v) is 41.7. The van der Waals surface area contributed by atoms with Gasteiger partial charge < -0.3 is 19.4 Å². The third-order valence-electron chi connectivity index (χ3n) is 13.4. The molecule has 0 saturated heterocycles. The quantitative estimate of drug-likeness (QED) is 0.108. The number of furan rings is 1. The number of benzene rings is 8. The summed E-state index contributed by atoms with van der Waals surface area (Å²) >= 11 is 0. The fraction of sp³-hybridized carbons (Fsp3) is 0.0597. The monoisotopic (exact) mass is 1100 g/mol. The Bertz CT molecular complexity index is 3660. The van der Waals surface area contributed by atoms with E-state index in [0.29, 0.717) is 0 Å². The van der Waals surface area contributed by atoms with Crippen LogP contribution in [0.1, 0.15) is 22.3 Å². The Morgan fingerprint density at radius 1 is 0.347 bits per heavy atom. The van der Waals surface area contributed by atoms with E-state index in [2.05, 4.69) is 192 Å². The average molecular weight is 1100 g/mol. The summed E-state index contributed by atoms with van der Waals surface area (Å²) in [5, 5.41) is 2.18. The standard InChI is InChI=1S/C67H46N3O.Ir/c1-2-10-50(11-3-1)51-28-30-52(31-29-51)57-38-41-70-64(45-57)55-32-34-56(35-33-55)66-59(36-37-61-60-12-4-5-15-65(60)71-67(61)66)58-43-48(18-16-46-20-24-53(25-21-46)62-13-6-8-39-68-62)42-49(44-58)19-17-47-22-26-54(27-23-47)63-14-7-9-40-69-63;/h1-15,20-24,26,28-32,34-45H,16-19H2;/q-3;+3. The number of aryl methyl sites for hydroxylation is 4. The molecule has 0 amide bonds. The van der Waals surface area contributed by atoms with Crippen molar-refractivity contribution >= 4 is 21.9 Å². The Hall–Kier alpha value is -8.34. The van der Waals surface area contributed by atoms with Crippen molar-refractivity contribution in [1.29, 1.82) is 0 Å². The Kier molecular flexibility index (Phi) is 13.4. The molecule has 72 heavy (non-hydrogen) atoms. The van der Waals surface area contributed by atoms with E-state index >= 15 is 0 Å². The van der Waals surface area contributed by atoms with Gasteiger partial charge in [0.2, 0.25) is 0 Å². The average Bonchev–Trinajstić information content (AvgIpc) is 3.84. The minimum atomic E-state index is 0. The van der Waals surface area contributed by atoms with Crippen molar-refractivity contribution in [3.8, 4) is 78.3 Å². The molecule has 0 N–H and O–H groups in total. The van der Waals surface area contributed by atoms with Crippen LogP contribution in [0.5, 0.6) is 0 Å². The summed E-state index contributed by atoms with van der Waals surface area (Å²) in [6.45, 7) is 0. The molecule has 4 aromatic heterocycles. The largest absolute Gasteiger partial charge is 3.00 e. The van der Waals surface area contributed by atoms with E-state index in [1.54, 1.807) is 0 Å². The first kappa shape index (κ1) is 46.1. The van der Waals surface area contributed by atoms with E-state index in [1.807, 2.05) is 67.1 Å². The van der Waals surface area contributed by atoms with Gasteiger partial charge in [0.05, 0.1) is 0 Å². The molecule has 0 unspecified atom stereocenters. The van der Waals surface area contributed by atoms with Gasteiger partial charge in [0.15, 0.2) is 0 Å². The maximum atomic E-state index is 6.83. The van der Waals surface area contributed by atoms with Crippen LogP contribution in [0.4, 0.5) is 0 Å². The van der Waals surface area contributed by atoms with Crippen LogP contribution in [0.2, 0.25) is 0 Å². The molecular weight excluding hydrogens is 1050 g/mol. The summed E-state index contributed by atoms with van der Waals surface area (Å²) in [6, 6.07) is 85.3. The van der Waals surface area contributed by atoms with E-state index in [1.165, 1.54) is 33.4 Å². The van der Waals surface area contributed by atoms with Gasteiger partial charge in [-0.3, -0.25) is 0 Å². The second-order valence-electron chi connectivity index (χ2n) is 18.0. The molecule has 0 bridgehead atoms. The van der Waals surface area contributed by atoms with Gasteiger partial charge in [-0.2, -0.15) is 0 Å². The van der Waals surface area contributed by atoms with Gasteiger partial charge in [0.25, 0.3) is 0 Å². The van der Waals surface area contributed by atoms with Crippen LogP contribution < -0.4 is 0 Å². The summed E-state index contributed by atoms with van der Waals surface area (Å²) in [5.74, 6) is 0. The second kappa shape index (κ2) is 20.9. The van der Waals surface area contributed by atoms with Gasteiger partial charge in [-0.15, -0.1) is 101 Å². The molecule has 8 aromatic carbocycles. The van der Waals surface area contributed by atoms with Gasteiger partial charge in [-0.25, -0.2) is 0 Å². The topological polar surface area (TPSA) is 51.8 Å². The molecular formula is C67H46IrN3O. The van der Waals surface area contributed by atoms with Crippen molar-refractivity contribution in [2.75, 3.05) is 0 Å². The first-order valence-corrected chi connectivity index (χ1v) is 24.2. The second-order valence-corrected chi connectivity index (χ2v) is 18.0. The third kappa shape index (κ3) is 9.86. The molecule has 0 aliphatic rings. The Morgan fingerprint density at radius 3 is 1.50 bits per heavy atom. The molecule has 0 spiro atoms. The van der Waals surface area contributed by atoms with Crippen LogP contribution in [-0.2, 0) is 45.8 Å². The molecule has 0 fully saturated rings. The summed E-state index contributed by atoms with van der Waals surface area (Å²) in [4.78, 5) is 13.9. The van der Waals surface area contributed by atoms with Crippen molar-refractivity contribution in [3.63, 3.8) is 0 Å². The van der Waals surface area contributed by atoms with Crippen molar-refractivity contribution in [2.24, 2.45) is 0 Å². The van der Waals surface area contributed by atoms with Crippen molar-refractivity contribution in [3.05, 3.63) is 271 Å². The number of hydrogen-bond acceptors (Lipinski definition) is 4. The number of fused-ring (bicyclic) bond motifs is 3. The van der Waals surface area contributed by atoms with Crippen LogP contribution in [0.3, 0.4) is 0 Å². The molecule has 0 saturated carbocycles. The Labute approximate surface area is 434 Å². The summed E-state index contributed by atoms with van der Waals surface area (Å²) in [7, 11) is 0. The van der Waals surface area contributed by atoms with Crippen LogP contribution in [0.15, 0.2) is 235 Å². The van der Waals surface area contributed by atoms with Crippen LogP contribution in [0, 0.1) is 18.2 Å². The third-order valence-corrected chi connectivity index (χ3v) is 13.4. The molecule has 4 nitrogen and oxygen atoms in total. The SMILES string of the molecule is [Ir+3].[c-]1cc(CCc2cc(CCc3c[c-]c(-c4ccccn4)cc3)cc(-c3ccc4c(oc5ccccc54)c3-c3c[c-]c(-c4cc(-c5ccc(-c6ccccc6)cc5)ccn4)cc3)c2)ccc1-c1ccccn1. The Morgan fingerprint density at radius 2 is 0.889 bits per heavy atom. The maximum Gasteiger partial charge on any atom is 3.00 e. The summed E-state index contributed by atoms with van der Waals surface area (Å²) in [6.07, 6.45) is 9.05. The van der Waals surface area contributed by atoms with E-state index in [-0.39, 0.29) is 20.1 Å². The van der Waals surface area contributed by atoms with E-state index < -0.39 is 0 Å². The fourth-order valence-corrected chi connectivity index (χ4v) is 9.67. The van der Waals surface area contributed by atoms with Gasteiger partial charge in [0, 0.05) is 29.4 Å². The van der Waals surface area contributed by atoms with Crippen LogP contribution in [-0.4, -0.2) is 15.0 Å². The smallest absolute Gasteiger partial charge is 0.456 e. The summed E-state index contributed by atoms with van der Waals surface area (Å²) < 4.78 is 6.83. The molecule has 0 aliphatic carbocycles. The van der Waals surface area contributed by atoms with Gasteiger partial charge in [0.1, 0.15) is 11.2 Å². The number of rotatable bonds is 13. The Balaban J connectivity index is 0.00000560. The summed E-state index contributed by atoms with van der Waals surface area (Å²) in [5.41, 5.74) is 21.4.